The molecule has 1 aromatic heterocycles. The first kappa shape index (κ1) is 15.0. The molecule has 0 aliphatic carbocycles. The second-order valence-corrected chi connectivity index (χ2v) is 6.96. The van der Waals surface area contributed by atoms with Crippen molar-refractivity contribution in [1.29, 1.82) is 0 Å². The van der Waals surface area contributed by atoms with E-state index in [0.29, 0.717) is 0 Å². The second-order valence-electron chi connectivity index (χ2n) is 5.87. The normalized spacial score (nSPS) is 17.7. The molecule has 3 heterocycles. The zero-order valence-corrected chi connectivity index (χ0v) is 14.0. The molecular weight excluding hydrogens is 306 g/mol. The van der Waals surface area contributed by atoms with E-state index in [1.807, 2.05) is 24.2 Å². The summed E-state index contributed by atoms with van der Waals surface area (Å²) in [5.41, 5.74) is 2.60. The van der Waals surface area contributed by atoms with Crippen LogP contribution in [0.1, 0.15) is 6.42 Å². The summed E-state index contributed by atoms with van der Waals surface area (Å²) < 4.78 is 5.43. The lowest BCUT2D eigenvalue weighted by atomic mass is 10.2. The van der Waals surface area contributed by atoms with Crippen LogP contribution in [0.25, 0.3) is 0 Å². The molecule has 0 N–H and O–H groups in total. The second kappa shape index (κ2) is 6.91. The lowest BCUT2D eigenvalue weighted by molar-refractivity contribution is 0.0377. The smallest absolute Gasteiger partial charge is 0.0594 e. The van der Waals surface area contributed by atoms with Crippen molar-refractivity contribution in [3.63, 3.8) is 0 Å². The summed E-state index contributed by atoms with van der Waals surface area (Å²) in [6.07, 6.45) is 5.02. The molecule has 4 rings (SSSR count). The van der Waals surface area contributed by atoms with Gasteiger partial charge in [0.25, 0.3) is 0 Å². The fourth-order valence-corrected chi connectivity index (χ4v) is 4.27. The molecule has 0 spiro atoms. The summed E-state index contributed by atoms with van der Waals surface area (Å²) in [6, 6.07) is 10.8. The Morgan fingerprint density at radius 1 is 1.00 bits per heavy atom. The molecule has 2 aliphatic heterocycles. The topological polar surface area (TPSA) is 28.6 Å². The summed E-state index contributed by atoms with van der Waals surface area (Å²) >= 11 is 1.82. The molecule has 2 aliphatic rings. The van der Waals surface area contributed by atoms with E-state index in [2.05, 4.69) is 45.1 Å². The van der Waals surface area contributed by atoms with Crippen molar-refractivity contribution in [1.82, 2.24) is 9.88 Å². The molecule has 1 fully saturated rings. The molecule has 120 valence electrons. The van der Waals surface area contributed by atoms with E-state index in [-0.39, 0.29) is 0 Å². The molecule has 1 saturated heterocycles. The van der Waals surface area contributed by atoms with Crippen LogP contribution in [-0.2, 0) is 4.74 Å². The first-order chi connectivity index (χ1) is 11.4. The van der Waals surface area contributed by atoms with E-state index >= 15 is 0 Å². The van der Waals surface area contributed by atoms with Gasteiger partial charge in [0.2, 0.25) is 0 Å². The highest BCUT2D eigenvalue weighted by Gasteiger charge is 2.23. The van der Waals surface area contributed by atoms with Gasteiger partial charge < -0.3 is 9.64 Å². The third kappa shape index (κ3) is 3.22. The van der Waals surface area contributed by atoms with Gasteiger partial charge in [0.1, 0.15) is 0 Å². The fourth-order valence-electron chi connectivity index (χ4n) is 3.21. The maximum atomic E-state index is 5.43. The molecule has 4 nitrogen and oxygen atoms in total. The molecule has 23 heavy (non-hydrogen) atoms. The highest BCUT2D eigenvalue weighted by atomic mass is 32.2. The molecule has 0 saturated carbocycles. The van der Waals surface area contributed by atoms with Gasteiger partial charge in [-0.3, -0.25) is 9.88 Å². The van der Waals surface area contributed by atoms with Gasteiger partial charge in [0.05, 0.1) is 29.5 Å². The number of para-hydroxylation sites is 1. The summed E-state index contributed by atoms with van der Waals surface area (Å²) in [7, 11) is 0. The molecule has 1 aromatic carbocycles. The van der Waals surface area contributed by atoms with Crippen LogP contribution >= 0.6 is 11.8 Å². The SMILES string of the molecule is c1ccc2c(c1)Sc1cnccc1N2CCCN1CCOCC1. The van der Waals surface area contributed by atoms with Crippen molar-refractivity contribution >= 4 is 23.1 Å². The molecule has 0 radical (unpaired) electrons. The first-order valence-corrected chi connectivity index (χ1v) is 9.02. The van der Waals surface area contributed by atoms with Crippen molar-refractivity contribution in [2.45, 2.75) is 16.2 Å². The lowest BCUT2D eigenvalue weighted by Gasteiger charge is -2.33. The number of fused-ring (bicyclic) bond motifs is 2. The van der Waals surface area contributed by atoms with Crippen molar-refractivity contribution < 1.29 is 4.74 Å². The number of morpholine rings is 1. The average molecular weight is 327 g/mol. The van der Waals surface area contributed by atoms with Gasteiger partial charge in [0, 0.05) is 43.5 Å². The largest absolute Gasteiger partial charge is 0.379 e. The average Bonchev–Trinajstić information content (AvgIpc) is 2.62. The van der Waals surface area contributed by atoms with E-state index in [0.717, 1.165) is 45.8 Å². The van der Waals surface area contributed by atoms with Crippen molar-refractivity contribution in [2.75, 3.05) is 44.3 Å². The lowest BCUT2D eigenvalue weighted by Crippen LogP contribution is -2.38. The highest BCUT2D eigenvalue weighted by Crippen LogP contribution is 2.47. The Balaban J connectivity index is 1.50. The molecular formula is C18H21N3OS. The van der Waals surface area contributed by atoms with Crippen LogP contribution in [0.15, 0.2) is 52.5 Å². The van der Waals surface area contributed by atoms with E-state index in [1.165, 1.54) is 21.2 Å². The number of nitrogens with zero attached hydrogens (tertiary/aromatic N) is 3. The Kier molecular flexibility index (Phi) is 4.50. The van der Waals surface area contributed by atoms with Crippen LogP contribution in [0.5, 0.6) is 0 Å². The molecule has 5 heteroatoms. The molecule has 0 unspecified atom stereocenters. The summed E-state index contributed by atoms with van der Waals surface area (Å²) in [5, 5.41) is 0. The number of benzene rings is 1. The zero-order chi connectivity index (χ0) is 15.5. The van der Waals surface area contributed by atoms with Crippen LogP contribution in [0.3, 0.4) is 0 Å². The Hall–Kier alpha value is -1.56. The summed E-state index contributed by atoms with van der Waals surface area (Å²) in [6.45, 7) is 6.04. The summed E-state index contributed by atoms with van der Waals surface area (Å²) in [5.74, 6) is 0. The van der Waals surface area contributed by atoms with E-state index in [9.17, 15) is 0 Å². The van der Waals surface area contributed by atoms with Gasteiger partial charge in [0.15, 0.2) is 0 Å². The van der Waals surface area contributed by atoms with Gasteiger partial charge in [-0.05, 0) is 24.6 Å². The van der Waals surface area contributed by atoms with Crippen molar-refractivity contribution in [2.24, 2.45) is 0 Å². The maximum absolute atomic E-state index is 5.43. The van der Waals surface area contributed by atoms with Crippen LogP contribution < -0.4 is 4.90 Å². The van der Waals surface area contributed by atoms with E-state index < -0.39 is 0 Å². The summed E-state index contributed by atoms with van der Waals surface area (Å²) in [4.78, 5) is 11.8. The molecule has 2 aromatic rings. The predicted octanol–water partition coefficient (Wildman–Crippen LogP) is 3.41. The fraction of sp³-hybridized carbons (Fsp3) is 0.389. The number of anilines is 2. The van der Waals surface area contributed by atoms with Crippen LogP contribution in [-0.4, -0.2) is 49.3 Å². The van der Waals surface area contributed by atoms with Gasteiger partial charge in [-0.2, -0.15) is 0 Å². The van der Waals surface area contributed by atoms with Crippen LogP contribution in [0, 0.1) is 0 Å². The number of hydrogen-bond acceptors (Lipinski definition) is 5. The number of pyridine rings is 1. The minimum Gasteiger partial charge on any atom is -0.379 e. The van der Waals surface area contributed by atoms with Gasteiger partial charge in [-0.1, -0.05) is 23.9 Å². The Labute approximate surface area is 141 Å². The third-order valence-corrected chi connectivity index (χ3v) is 5.49. The maximum Gasteiger partial charge on any atom is 0.0594 e. The highest BCUT2D eigenvalue weighted by molar-refractivity contribution is 7.99. The monoisotopic (exact) mass is 327 g/mol. The zero-order valence-electron chi connectivity index (χ0n) is 13.1. The minimum atomic E-state index is 0.873. The van der Waals surface area contributed by atoms with E-state index in [1.54, 1.807) is 0 Å². The predicted molar refractivity (Wildman–Crippen MR) is 93.7 cm³/mol. The minimum absolute atomic E-state index is 0.873. The van der Waals surface area contributed by atoms with Crippen molar-refractivity contribution in [3.8, 4) is 0 Å². The molecule has 0 atom stereocenters. The van der Waals surface area contributed by atoms with Crippen LogP contribution in [0.4, 0.5) is 11.4 Å². The van der Waals surface area contributed by atoms with Crippen LogP contribution in [0.2, 0.25) is 0 Å². The number of rotatable bonds is 4. The number of hydrogen-bond donors (Lipinski definition) is 0. The Morgan fingerprint density at radius 2 is 1.83 bits per heavy atom. The Bertz CT molecular complexity index is 627. The number of aromatic nitrogens is 1. The van der Waals surface area contributed by atoms with Gasteiger partial charge in [-0.25, -0.2) is 0 Å². The Morgan fingerprint density at radius 3 is 2.74 bits per heavy atom. The van der Waals surface area contributed by atoms with Gasteiger partial charge >= 0.3 is 0 Å². The van der Waals surface area contributed by atoms with Gasteiger partial charge in [-0.15, -0.1) is 0 Å². The van der Waals surface area contributed by atoms with E-state index in [4.69, 9.17) is 4.74 Å². The quantitative estimate of drug-likeness (QED) is 0.858. The molecule has 0 bridgehead atoms. The third-order valence-electron chi connectivity index (χ3n) is 4.39. The first-order valence-electron chi connectivity index (χ1n) is 8.20. The number of ether oxygens (including phenoxy) is 1. The molecule has 0 amide bonds. The van der Waals surface area contributed by atoms with Crippen molar-refractivity contribution in [3.05, 3.63) is 42.7 Å². The standard InChI is InChI=1S/C18H21N3OS/c1-2-5-17-15(4-1)21(16-6-7-19-14-18(16)23-17)9-3-8-20-10-12-22-13-11-20/h1-2,4-7,14H,3,8-13H2.